The SMILES string of the molecule is COc1c(-c2ccc(O)cc2)cc(C)c(-c2ccc(OC/C=C(/C)Cl)c(O)c2)c1O. The molecule has 0 unspecified atom stereocenters. The first-order valence-corrected chi connectivity index (χ1v) is 9.68. The number of hydrogen-bond acceptors (Lipinski definition) is 5. The van der Waals surface area contributed by atoms with Gasteiger partial charge < -0.3 is 24.8 Å². The highest BCUT2D eigenvalue weighted by Crippen LogP contribution is 2.47. The van der Waals surface area contributed by atoms with Crippen LogP contribution in [0.2, 0.25) is 0 Å². The molecule has 3 N–H and O–H groups in total. The van der Waals surface area contributed by atoms with E-state index >= 15 is 0 Å². The molecule has 0 amide bonds. The van der Waals surface area contributed by atoms with Gasteiger partial charge in [-0.2, -0.15) is 0 Å². The predicted molar refractivity (Wildman–Crippen MR) is 119 cm³/mol. The molecule has 0 saturated heterocycles. The first-order chi connectivity index (χ1) is 14.3. The van der Waals surface area contributed by atoms with Gasteiger partial charge in [0.25, 0.3) is 0 Å². The number of aromatic hydroxyl groups is 3. The van der Waals surface area contributed by atoms with Crippen LogP contribution in [0, 0.1) is 6.92 Å². The van der Waals surface area contributed by atoms with Crippen molar-refractivity contribution < 1.29 is 24.8 Å². The number of aryl methyl sites for hydroxylation is 1. The third-order valence-corrected chi connectivity index (χ3v) is 4.84. The molecule has 156 valence electrons. The van der Waals surface area contributed by atoms with Crippen LogP contribution in [0.1, 0.15) is 12.5 Å². The van der Waals surface area contributed by atoms with Crippen molar-refractivity contribution in [3.05, 3.63) is 65.2 Å². The molecule has 3 rings (SSSR count). The van der Waals surface area contributed by atoms with E-state index in [9.17, 15) is 15.3 Å². The average molecular weight is 427 g/mol. The van der Waals surface area contributed by atoms with Crippen molar-refractivity contribution in [1.82, 2.24) is 0 Å². The zero-order valence-electron chi connectivity index (χ0n) is 16.9. The molecule has 0 fully saturated rings. The lowest BCUT2D eigenvalue weighted by molar-refractivity contribution is 0.336. The average Bonchev–Trinajstić information content (AvgIpc) is 2.69. The molecule has 3 aromatic carbocycles. The zero-order chi connectivity index (χ0) is 21.8. The lowest BCUT2D eigenvalue weighted by Gasteiger charge is -2.18. The highest BCUT2D eigenvalue weighted by Gasteiger charge is 2.20. The third-order valence-electron chi connectivity index (χ3n) is 4.69. The molecule has 30 heavy (non-hydrogen) atoms. The minimum Gasteiger partial charge on any atom is -0.508 e. The van der Waals surface area contributed by atoms with Crippen LogP contribution in [-0.4, -0.2) is 29.0 Å². The van der Waals surface area contributed by atoms with E-state index in [1.807, 2.05) is 13.0 Å². The number of hydrogen-bond donors (Lipinski definition) is 3. The van der Waals surface area contributed by atoms with Gasteiger partial charge >= 0.3 is 0 Å². The second-order valence-electron chi connectivity index (χ2n) is 6.83. The van der Waals surface area contributed by atoms with Gasteiger partial charge in [0.1, 0.15) is 12.4 Å². The van der Waals surface area contributed by atoms with Crippen molar-refractivity contribution >= 4 is 11.6 Å². The number of halogens is 1. The molecule has 0 aliphatic carbocycles. The highest BCUT2D eigenvalue weighted by molar-refractivity contribution is 6.29. The van der Waals surface area contributed by atoms with Gasteiger partial charge in [-0.1, -0.05) is 29.8 Å². The normalized spacial score (nSPS) is 11.4. The second-order valence-corrected chi connectivity index (χ2v) is 7.43. The monoisotopic (exact) mass is 426 g/mol. The molecule has 0 saturated carbocycles. The fraction of sp³-hybridized carbons (Fsp3) is 0.167. The topological polar surface area (TPSA) is 79.2 Å². The van der Waals surface area contributed by atoms with Gasteiger partial charge in [-0.15, -0.1) is 0 Å². The molecule has 0 spiro atoms. The molecule has 0 heterocycles. The fourth-order valence-corrected chi connectivity index (χ4v) is 3.31. The largest absolute Gasteiger partial charge is 0.508 e. The maximum absolute atomic E-state index is 11.0. The van der Waals surface area contributed by atoms with E-state index in [1.54, 1.807) is 49.4 Å². The van der Waals surface area contributed by atoms with E-state index in [1.165, 1.54) is 13.2 Å². The summed E-state index contributed by atoms with van der Waals surface area (Å²) in [4.78, 5) is 0. The molecule has 5 nitrogen and oxygen atoms in total. The minimum absolute atomic E-state index is 0.0330. The Kier molecular flexibility index (Phi) is 6.43. The Balaban J connectivity index is 2.03. The molecule has 0 radical (unpaired) electrons. The molecular weight excluding hydrogens is 404 g/mol. The molecule has 0 aromatic heterocycles. The summed E-state index contributed by atoms with van der Waals surface area (Å²) >= 11 is 5.78. The summed E-state index contributed by atoms with van der Waals surface area (Å²) in [5, 5.41) is 31.5. The van der Waals surface area contributed by atoms with Crippen molar-refractivity contribution in [3.63, 3.8) is 0 Å². The Morgan fingerprint density at radius 3 is 2.27 bits per heavy atom. The smallest absolute Gasteiger partial charge is 0.168 e. The van der Waals surface area contributed by atoms with Crippen LogP contribution >= 0.6 is 11.6 Å². The van der Waals surface area contributed by atoms with Crippen LogP contribution in [0.5, 0.6) is 28.7 Å². The van der Waals surface area contributed by atoms with E-state index < -0.39 is 0 Å². The number of rotatable bonds is 6. The minimum atomic E-state index is -0.0477. The zero-order valence-corrected chi connectivity index (χ0v) is 17.7. The summed E-state index contributed by atoms with van der Waals surface area (Å²) in [6.07, 6.45) is 1.69. The molecule has 0 aliphatic rings. The van der Waals surface area contributed by atoms with E-state index in [0.717, 1.165) is 11.1 Å². The van der Waals surface area contributed by atoms with Gasteiger partial charge in [0.15, 0.2) is 23.0 Å². The molecule has 0 aliphatic heterocycles. The van der Waals surface area contributed by atoms with Crippen molar-refractivity contribution in [2.75, 3.05) is 13.7 Å². The third kappa shape index (κ3) is 4.47. The van der Waals surface area contributed by atoms with Crippen molar-refractivity contribution in [3.8, 4) is 51.0 Å². The summed E-state index contributed by atoms with van der Waals surface area (Å²) in [5.74, 6) is 0.703. The van der Waals surface area contributed by atoms with Gasteiger partial charge in [0.2, 0.25) is 0 Å². The quantitative estimate of drug-likeness (QED) is 0.452. The van der Waals surface area contributed by atoms with E-state index in [4.69, 9.17) is 21.1 Å². The standard InChI is InChI=1S/C24H23ClO5/c1-14-12-19(16-4-7-18(26)8-5-16)24(29-3)23(28)22(14)17-6-9-21(20(27)13-17)30-11-10-15(2)25/h4-10,12-13,26-28H,11H2,1-3H3/b15-10-. The Morgan fingerprint density at radius 2 is 1.67 bits per heavy atom. The van der Waals surface area contributed by atoms with Crippen LogP contribution in [0.3, 0.4) is 0 Å². The van der Waals surface area contributed by atoms with Crippen LogP contribution in [0.4, 0.5) is 0 Å². The second kappa shape index (κ2) is 9.01. The first kappa shape index (κ1) is 21.4. The Morgan fingerprint density at radius 1 is 1.00 bits per heavy atom. The van der Waals surface area contributed by atoms with Gasteiger partial charge in [0, 0.05) is 16.2 Å². The van der Waals surface area contributed by atoms with Crippen LogP contribution in [-0.2, 0) is 0 Å². The first-order valence-electron chi connectivity index (χ1n) is 9.30. The van der Waals surface area contributed by atoms with E-state index in [2.05, 4.69) is 0 Å². The number of phenols is 3. The van der Waals surface area contributed by atoms with Crippen molar-refractivity contribution in [1.29, 1.82) is 0 Å². The fourth-order valence-electron chi connectivity index (χ4n) is 3.25. The summed E-state index contributed by atoms with van der Waals surface area (Å²) in [6, 6.07) is 13.5. The van der Waals surface area contributed by atoms with Gasteiger partial charge in [-0.25, -0.2) is 0 Å². The van der Waals surface area contributed by atoms with Crippen molar-refractivity contribution in [2.24, 2.45) is 0 Å². The molecule has 6 heteroatoms. The number of benzene rings is 3. The molecular formula is C24H23ClO5. The van der Waals surface area contributed by atoms with Gasteiger partial charge in [0.05, 0.1) is 7.11 Å². The lowest BCUT2D eigenvalue weighted by Crippen LogP contribution is -1.96. The maximum Gasteiger partial charge on any atom is 0.168 e. The predicted octanol–water partition coefficient (Wildman–Crippen LogP) is 5.98. The van der Waals surface area contributed by atoms with Crippen molar-refractivity contribution in [2.45, 2.75) is 13.8 Å². The van der Waals surface area contributed by atoms with Gasteiger partial charge in [-0.05, 0) is 66.9 Å². The Hall–Kier alpha value is -3.31. The Bertz CT molecular complexity index is 1080. The number of allylic oxidation sites excluding steroid dienone is 1. The number of methoxy groups -OCH3 is 1. The molecule has 0 bridgehead atoms. The van der Waals surface area contributed by atoms with Crippen LogP contribution < -0.4 is 9.47 Å². The molecule has 3 aromatic rings. The van der Waals surface area contributed by atoms with E-state index in [0.29, 0.717) is 33.2 Å². The highest BCUT2D eigenvalue weighted by atomic mass is 35.5. The lowest BCUT2D eigenvalue weighted by atomic mass is 9.93. The Labute approximate surface area is 180 Å². The maximum atomic E-state index is 11.0. The summed E-state index contributed by atoms with van der Waals surface area (Å²) in [5.41, 5.74) is 3.46. The van der Waals surface area contributed by atoms with E-state index in [-0.39, 0.29) is 23.9 Å². The number of ether oxygens (including phenoxy) is 2. The summed E-state index contributed by atoms with van der Waals surface area (Å²) in [6.45, 7) is 3.85. The number of phenolic OH excluding ortho intramolecular Hbond substituents is 3. The summed E-state index contributed by atoms with van der Waals surface area (Å²) in [7, 11) is 1.48. The molecule has 0 atom stereocenters. The van der Waals surface area contributed by atoms with Crippen LogP contribution in [0.15, 0.2) is 59.6 Å². The van der Waals surface area contributed by atoms with Gasteiger partial charge in [-0.3, -0.25) is 0 Å². The van der Waals surface area contributed by atoms with Crippen LogP contribution in [0.25, 0.3) is 22.3 Å². The summed E-state index contributed by atoms with van der Waals surface area (Å²) < 4.78 is 11.0.